The molecule has 3 rings (SSSR count). The number of hydrogen-bond acceptors (Lipinski definition) is 2. The second kappa shape index (κ2) is 6.84. The van der Waals surface area contributed by atoms with Gasteiger partial charge in [0.15, 0.2) is 0 Å². The molecule has 2 amide bonds. The summed E-state index contributed by atoms with van der Waals surface area (Å²) < 4.78 is 0. The van der Waals surface area contributed by atoms with Crippen molar-refractivity contribution in [1.29, 1.82) is 0 Å². The quantitative estimate of drug-likeness (QED) is 0.936. The van der Waals surface area contributed by atoms with Gasteiger partial charge in [-0.15, -0.1) is 0 Å². The van der Waals surface area contributed by atoms with E-state index in [0.29, 0.717) is 23.8 Å². The van der Waals surface area contributed by atoms with Crippen molar-refractivity contribution < 1.29 is 9.59 Å². The monoisotopic (exact) mass is 328 g/mol. The van der Waals surface area contributed by atoms with Crippen LogP contribution < -0.4 is 5.32 Å². The number of halogens is 1. The lowest BCUT2D eigenvalue weighted by molar-refractivity contribution is -0.128. The fourth-order valence-corrected chi connectivity index (χ4v) is 2.81. The summed E-state index contributed by atoms with van der Waals surface area (Å²) in [7, 11) is 0. The van der Waals surface area contributed by atoms with Crippen LogP contribution in [0.25, 0.3) is 0 Å². The van der Waals surface area contributed by atoms with E-state index in [1.54, 1.807) is 29.2 Å². The van der Waals surface area contributed by atoms with Crippen LogP contribution in [-0.2, 0) is 16.1 Å². The first-order valence-corrected chi connectivity index (χ1v) is 7.88. The van der Waals surface area contributed by atoms with Crippen LogP contribution in [0.2, 0.25) is 5.02 Å². The highest BCUT2D eigenvalue weighted by molar-refractivity contribution is 6.30. The van der Waals surface area contributed by atoms with Gasteiger partial charge in [-0.05, 0) is 29.8 Å². The van der Waals surface area contributed by atoms with Gasteiger partial charge < -0.3 is 10.2 Å². The molecule has 1 atom stereocenters. The summed E-state index contributed by atoms with van der Waals surface area (Å²) in [5, 5.41) is 3.46. The summed E-state index contributed by atoms with van der Waals surface area (Å²) in [6, 6.07) is 16.7. The van der Waals surface area contributed by atoms with E-state index in [2.05, 4.69) is 5.32 Å². The standard InChI is InChI=1S/C18H17ClN2O2/c19-15-6-8-16(9-7-15)20-18(23)14-10-17(22)21(12-14)11-13-4-2-1-3-5-13/h1-9,14H,10-12H2,(H,20,23)/t14-/m1/s1. The summed E-state index contributed by atoms with van der Waals surface area (Å²) in [5.74, 6) is -0.428. The van der Waals surface area contributed by atoms with E-state index in [-0.39, 0.29) is 24.2 Å². The van der Waals surface area contributed by atoms with Crippen LogP contribution in [0, 0.1) is 5.92 Å². The van der Waals surface area contributed by atoms with Crippen molar-refractivity contribution in [2.45, 2.75) is 13.0 Å². The highest BCUT2D eigenvalue weighted by atomic mass is 35.5. The highest BCUT2D eigenvalue weighted by Gasteiger charge is 2.34. The Morgan fingerprint density at radius 1 is 1.13 bits per heavy atom. The summed E-state index contributed by atoms with van der Waals surface area (Å²) in [4.78, 5) is 26.2. The Labute approximate surface area is 140 Å². The molecular weight excluding hydrogens is 312 g/mol. The average Bonchev–Trinajstić information content (AvgIpc) is 2.92. The Morgan fingerprint density at radius 3 is 2.52 bits per heavy atom. The van der Waals surface area contributed by atoms with Crippen molar-refractivity contribution in [1.82, 2.24) is 4.90 Å². The summed E-state index contributed by atoms with van der Waals surface area (Å²) in [6.07, 6.45) is 0.256. The maximum atomic E-state index is 12.3. The third-order valence-electron chi connectivity index (χ3n) is 3.91. The molecule has 23 heavy (non-hydrogen) atoms. The molecule has 1 N–H and O–H groups in total. The number of rotatable bonds is 4. The number of carbonyl (C=O) groups is 2. The molecule has 0 unspecified atom stereocenters. The van der Waals surface area contributed by atoms with Gasteiger partial charge in [-0.2, -0.15) is 0 Å². The number of nitrogens with zero attached hydrogens (tertiary/aromatic N) is 1. The summed E-state index contributed by atoms with van der Waals surface area (Å²) in [5.41, 5.74) is 1.76. The van der Waals surface area contributed by atoms with Crippen LogP contribution in [-0.4, -0.2) is 23.3 Å². The number of amides is 2. The Hall–Kier alpha value is -2.33. The molecule has 1 heterocycles. The third kappa shape index (κ3) is 3.90. The fourth-order valence-electron chi connectivity index (χ4n) is 2.68. The van der Waals surface area contributed by atoms with Crippen LogP contribution in [0.15, 0.2) is 54.6 Å². The third-order valence-corrected chi connectivity index (χ3v) is 4.17. The zero-order chi connectivity index (χ0) is 16.2. The van der Waals surface area contributed by atoms with E-state index < -0.39 is 0 Å². The molecule has 2 aromatic rings. The van der Waals surface area contributed by atoms with Crippen molar-refractivity contribution in [3.05, 3.63) is 65.2 Å². The molecule has 0 aliphatic carbocycles. The summed E-state index contributed by atoms with van der Waals surface area (Å²) >= 11 is 5.83. The normalized spacial score (nSPS) is 17.3. The minimum Gasteiger partial charge on any atom is -0.338 e. The molecule has 0 radical (unpaired) electrons. The first kappa shape index (κ1) is 15.6. The average molecular weight is 329 g/mol. The highest BCUT2D eigenvalue weighted by Crippen LogP contribution is 2.22. The molecule has 1 saturated heterocycles. The van der Waals surface area contributed by atoms with Gasteiger partial charge in [0.25, 0.3) is 0 Å². The minimum absolute atomic E-state index is 0.0186. The molecule has 1 fully saturated rings. The lowest BCUT2D eigenvalue weighted by Gasteiger charge is -2.16. The van der Waals surface area contributed by atoms with E-state index in [4.69, 9.17) is 11.6 Å². The van der Waals surface area contributed by atoms with E-state index in [1.165, 1.54) is 0 Å². The number of likely N-dealkylation sites (tertiary alicyclic amines) is 1. The Kier molecular flexibility index (Phi) is 4.63. The molecule has 1 aliphatic heterocycles. The Bertz CT molecular complexity index is 701. The fraction of sp³-hybridized carbons (Fsp3) is 0.222. The van der Waals surface area contributed by atoms with Crippen LogP contribution in [0.4, 0.5) is 5.69 Å². The molecule has 118 valence electrons. The second-order valence-corrected chi connectivity index (χ2v) is 6.09. The molecule has 0 bridgehead atoms. The number of nitrogens with one attached hydrogen (secondary N) is 1. The Balaban J connectivity index is 1.60. The molecule has 4 nitrogen and oxygen atoms in total. The first-order chi connectivity index (χ1) is 11.1. The number of hydrogen-bond donors (Lipinski definition) is 1. The van der Waals surface area contributed by atoms with Crippen LogP contribution in [0.3, 0.4) is 0 Å². The largest absolute Gasteiger partial charge is 0.338 e. The number of benzene rings is 2. The molecule has 0 saturated carbocycles. The van der Waals surface area contributed by atoms with Gasteiger partial charge >= 0.3 is 0 Å². The van der Waals surface area contributed by atoms with Gasteiger partial charge in [0, 0.05) is 30.2 Å². The topological polar surface area (TPSA) is 49.4 Å². The van der Waals surface area contributed by atoms with Crippen LogP contribution in [0.1, 0.15) is 12.0 Å². The minimum atomic E-state index is -0.318. The predicted molar refractivity (Wildman–Crippen MR) is 90.0 cm³/mol. The van der Waals surface area contributed by atoms with E-state index >= 15 is 0 Å². The van der Waals surface area contributed by atoms with Crippen molar-refractivity contribution in [2.24, 2.45) is 5.92 Å². The van der Waals surface area contributed by atoms with Gasteiger partial charge in [0.1, 0.15) is 0 Å². The maximum Gasteiger partial charge on any atom is 0.229 e. The van der Waals surface area contributed by atoms with E-state index in [1.807, 2.05) is 30.3 Å². The molecule has 1 aliphatic rings. The van der Waals surface area contributed by atoms with Gasteiger partial charge in [-0.25, -0.2) is 0 Å². The molecule has 0 aromatic heterocycles. The molecule has 2 aromatic carbocycles. The summed E-state index contributed by atoms with van der Waals surface area (Å²) in [6.45, 7) is 0.998. The second-order valence-electron chi connectivity index (χ2n) is 5.66. The lowest BCUT2D eigenvalue weighted by atomic mass is 10.1. The Morgan fingerprint density at radius 2 is 1.83 bits per heavy atom. The van der Waals surface area contributed by atoms with Gasteiger partial charge in [-0.3, -0.25) is 9.59 Å². The van der Waals surface area contributed by atoms with Crippen molar-refractivity contribution >= 4 is 29.1 Å². The maximum absolute atomic E-state index is 12.3. The smallest absolute Gasteiger partial charge is 0.229 e. The predicted octanol–water partition coefficient (Wildman–Crippen LogP) is 3.33. The number of carbonyl (C=O) groups excluding carboxylic acids is 2. The zero-order valence-electron chi connectivity index (χ0n) is 12.5. The van der Waals surface area contributed by atoms with Gasteiger partial charge in [0.05, 0.1) is 5.92 Å². The zero-order valence-corrected chi connectivity index (χ0v) is 13.3. The first-order valence-electron chi connectivity index (χ1n) is 7.50. The van der Waals surface area contributed by atoms with E-state index in [9.17, 15) is 9.59 Å². The van der Waals surface area contributed by atoms with Crippen molar-refractivity contribution in [2.75, 3.05) is 11.9 Å². The lowest BCUT2D eigenvalue weighted by Crippen LogP contribution is -2.28. The van der Waals surface area contributed by atoms with E-state index in [0.717, 1.165) is 5.56 Å². The van der Waals surface area contributed by atoms with Crippen LogP contribution in [0.5, 0.6) is 0 Å². The molecule has 5 heteroatoms. The van der Waals surface area contributed by atoms with Crippen molar-refractivity contribution in [3.8, 4) is 0 Å². The molecule has 0 spiro atoms. The number of anilines is 1. The van der Waals surface area contributed by atoms with Gasteiger partial charge in [-0.1, -0.05) is 41.9 Å². The molecular formula is C18H17ClN2O2. The van der Waals surface area contributed by atoms with Crippen LogP contribution >= 0.6 is 11.6 Å². The SMILES string of the molecule is O=C(Nc1ccc(Cl)cc1)[C@@H]1CC(=O)N(Cc2ccccc2)C1. The van der Waals surface area contributed by atoms with Gasteiger partial charge in [0.2, 0.25) is 11.8 Å². The van der Waals surface area contributed by atoms with Crippen molar-refractivity contribution in [3.63, 3.8) is 0 Å².